The van der Waals surface area contributed by atoms with Crippen molar-refractivity contribution in [2.45, 2.75) is 65.7 Å². The zero-order valence-electron chi connectivity index (χ0n) is 10.0. The fourth-order valence-electron chi connectivity index (χ4n) is 1.99. The molecular weight excluding hydrogens is 174 g/mol. The first kappa shape index (κ1) is 13.6. The summed E-state index contributed by atoms with van der Waals surface area (Å²) in [5, 5.41) is 3.13. The van der Waals surface area contributed by atoms with Crippen LogP contribution in [0.15, 0.2) is 5.18 Å². The van der Waals surface area contributed by atoms with Crippen LogP contribution >= 0.6 is 0 Å². The van der Waals surface area contributed by atoms with Gasteiger partial charge < -0.3 is 0 Å². The molecule has 2 heteroatoms. The van der Waals surface area contributed by atoms with Gasteiger partial charge >= 0.3 is 0 Å². The summed E-state index contributed by atoms with van der Waals surface area (Å²) in [6.07, 6.45) is 8.33. The Labute approximate surface area is 88.4 Å². The monoisotopic (exact) mass is 199 g/mol. The van der Waals surface area contributed by atoms with Gasteiger partial charge in [-0.05, 0) is 24.7 Å². The molecular formula is C12H25NO. The van der Waals surface area contributed by atoms with Crippen LogP contribution in [-0.4, -0.2) is 6.54 Å². The molecule has 0 aromatic carbocycles. The van der Waals surface area contributed by atoms with Crippen LogP contribution in [0.3, 0.4) is 0 Å². The molecule has 0 radical (unpaired) electrons. The van der Waals surface area contributed by atoms with Gasteiger partial charge in [0, 0.05) is 0 Å². The summed E-state index contributed by atoms with van der Waals surface area (Å²) in [4.78, 5) is 10.5. The highest BCUT2D eigenvalue weighted by Crippen LogP contribution is 2.34. The summed E-state index contributed by atoms with van der Waals surface area (Å²) in [5.74, 6) is 0. The van der Waals surface area contributed by atoms with E-state index in [0.29, 0.717) is 6.54 Å². The van der Waals surface area contributed by atoms with Crippen LogP contribution in [0.2, 0.25) is 0 Å². The van der Waals surface area contributed by atoms with Crippen molar-refractivity contribution < 1.29 is 0 Å². The van der Waals surface area contributed by atoms with Gasteiger partial charge in [-0.2, -0.15) is 4.91 Å². The molecule has 0 saturated heterocycles. The smallest absolute Gasteiger partial charge is 0.0867 e. The molecule has 0 rings (SSSR count). The minimum atomic E-state index is 0.216. The molecule has 0 aromatic rings. The number of hydrogen-bond donors (Lipinski definition) is 0. The normalized spacial score (nSPS) is 11.6. The lowest BCUT2D eigenvalue weighted by Gasteiger charge is -2.30. The van der Waals surface area contributed by atoms with Crippen molar-refractivity contribution >= 4 is 0 Å². The van der Waals surface area contributed by atoms with Crippen molar-refractivity contribution in [1.82, 2.24) is 0 Å². The van der Waals surface area contributed by atoms with Gasteiger partial charge in [-0.3, -0.25) is 0 Å². The summed E-state index contributed by atoms with van der Waals surface area (Å²) < 4.78 is 0. The maximum Gasteiger partial charge on any atom is 0.0867 e. The van der Waals surface area contributed by atoms with Crippen molar-refractivity contribution in [3.63, 3.8) is 0 Å². The van der Waals surface area contributed by atoms with Gasteiger partial charge in [-0.15, -0.1) is 0 Å². The van der Waals surface area contributed by atoms with Crippen LogP contribution in [0, 0.1) is 10.3 Å². The summed E-state index contributed by atoms with van der Waals surface area (Å²) in [6.45, 7) is 7.11. The van der Waals surface area contributed by atoms with Crippen molar-refractivity contribution in [3.8, 4) is 0 Å². The molecule has 14 heavy (non-hydrogen) atoms. The van der Waals surface area contributed by atoms with Gasteiger partial charge in [0.25, 0.3) is 0 Å². The van der Waals surface area contributed by atoms with Gasteiger partial charge in [0.15, 0.2) is 0 Å². The van der Waals surface area contributed by atoms with E-state index in [4.69, 9.17) is 0 Å². The molecule has 0 heterocycles. The van der Waals surface area contributed by atoms with E-state index >= 15 is 0 Å². The molecule has 0 unspecified atom stereocenters. The highest BCUT2D eigenvalue weighted by atomic mass is 16.3. The van der Waals surface area contributed by atoms with Crippen LogP contribution < -0.4 is 0 Å². The van der Waals surface area contributed by atoms with E-state index in [2.05, 4.69) is 25.9 Å². The van der Waals surface area contributed by atoms with Crippen molar-refractivity contribution in [2.75, 3.05) is 6.54 Å². The molecule has 0 spiro atoms. The standard InChI is InChI=1S/C12H25NO/c1-4-7-9-12(6-3,11-13-14)10-8-5-2/h4-11H2,1-3H3. The first-order valence-electron chi connectivity index (χ1n) is 6.03. The van der Waals surface area contributed by atoms with Crippen molar-refractivity contribution in [1.29, 1.82) is 0 Å². The number of nitroso groups, excluding NO2 is 1. The summed E-state index contributed by atoms with van der Waals surface area (Å²) in [5.41, 5.74) is 0.216. The fourth-order valence-corrected chi connectivity index (χ4v) is 1.99. The fraction of sp³-hybridized carbons (Fsp3) is 1.00. The highest BCUT2D eigenvalue weighted by Gasteiger charge is 2.27. The first-order chi connectivity index (χ1) is 6.74. The Hall–Kier alpha value is -0.400. The van der Waals surface area contributed by atoms with Crippen LogP contribution in [0.5, 0.6) is 0 Å². The Bertz CT molecular complexity index is 137. The predicted octanol–water partition coefficient (Wildman–Crippen LogP) is 4.53. The maximum absolute atomic E-state index is 10.5. The number of rotatable bonds is 9. The van der Waals surface area contributed by atoms with Crippen molar-refractivity contribution in [3.05, 3.63) is 4.91 Å². The number of hydrogen-bond acceptors (Lipinski definition) is 2. The minimum absolute atomic E-state index is 0.216. The third-order valence-electron chi connectivity index (χ3n) is 3.27. The molecule has 0 aliphatic heterocycles. The Kier molecular flexibility index (Phi) is 7.73. The molecule has 0 N–H and O–H groups in total. The van der Waals surface area contributed by atoms with Gasteiger partial charge in [-0.1, -0.05) is 51.6 Å². The lowest BCUT2D eigenvalue weighted by atomic mass is 9.76. The largest absolute Gasteiger partial charge is 0.151 e. The molecule has 0 aromatic heterocycles. The van der Waals surface area contributed by atoms with E-state index in [-0.39, 0.29) is 5.41 Å². The molecule has 0 amide bonds. The molecule has 2 nitrogen and oxygen atoms in total. The highest BCUT2D eigenvalue weighted by molar-refractivity contribution is 4.80. The molecule has 0 fully saturated rings. The van der Waals surface area contributed by atoms with E-state index in [1.165, 1.54) is 38.5 Å². The molecule has 0 saturated carbocycles. The zero-order chi connectivity index (χ0) is 10.9. The SMILES string of the molecule is CCCCC(CC)(CCCC)CN=O. The van der Waals surface area contributed by atoms with E-state index in [1.807, 2.05) is 0 Å². The average molecular weight is 199 g/mol. The van der Waals surface area contributed by atoms with Crippen LogP contribution in [0.4, 0.5) is 0 Å². The zero-order valence-corrected chi connectivity index (χ0v) is 10.0. The van der Waals surface area contributed by atoms with E-state index in [9.17, 15) is 4.91 Å². The molecule has 0 aliphatic rings. The second-order valence-corrected chi connectivity index (χ2v) is 4.35. The summed E-state index contributed by atoms with van der Waals surface area (Å²) in [6, 6.07) is 0. The second kappa shape index (κ2) is 7.95. The second-order valence-electron chi connectivity index (χ2n) is 4.35. The van der Waals surface area contributed by atoms with Gasteiger partial charge in [0.2, 0.25) is 0 Å². The topological polar surface area (TPSA) is 29.4 Å². The first-order valence-corrected chi connectivity index (χ1v) is 6.03. The van der Waals surface area contributed by atoms with Gasteiger partial charge in [0.05, 0.1) is 6.54 Å². The van der Waals surface area contributed by atoms with E-state index in [0.717, 1.165) is 6.42 Å². The maximum atomic E-state index is 10.5. The molecule has 0 bridgehead atoms. The van der Waals surface area contributed by atoms with Crippen LogP contribution in [-0.2, 0) is 0 Å². The Morgan fingerprint density at radius 1 is 1.00 bits per heavy atom. The number of nitrogens with zero attached hydrogens (tertiary/aromatic N) is 1. The Morgan fingerprint density at radius 3 is 1.79 bits per heavy atom. The lowest BCUT2D eigenvalue weighted by Crippen LogP contribution is -2.23. The third kappa shape index (κ3) is 4.73. The summed E-state index contributed by atoms with van der Waals surface area (Å²) >= 11 is 0. The van der Waals surface area contributed by atoms with E-state index < -0.39 is 0 Å². The van der Waals surface area contributed by atoms with E-state index in [1.54, 1.807) is 0 Å². The average Bonchev–Trinajstić information content (AvgIpc) is 2.22. The quantitative estimate of drug-likeness (QED) is 0.502. The van der Waals surface area contributed by atoms with Crippen LogP contribution in [0.1, 0.15) is 65.7 Å². The Morgan fingerprint density at radius 2 is 1.50 bits per heavy atom. The minimum Gasteiger partial charge on any atom is -0.151 e. The third-order valence-corrected chi connectivity index (χ3v) is 3.27. The lowest BCUT2D eigenvalue weighted by molar-refractivity contribution is 0.226. The predicted molar refractivity (Wildman–Crippen MR) is 62.4 cm³/mol. The van der Waals surface area contributed by atoms with Crippen molar-refractivity contribution in [2.24, 2.45) is 10.6 Å². The number of unbranched alkanes of at least 4 members (excludes halogenated alkanes) is 2. The van der Waals surface area contributed by atoms with Gasteiger partial charge in [0.1, 0.15) is 0 Å². The summed E-state index contributed by atoms with van der Waals surface area (Å²) in [7, 11) is 0. The molecule has 0 aliphatic carbocycles. The van der Waals surface area contributed by atoms with Gasteiger partial charge in [-0.25, -0.2) is 0 Å². The Balaban J connectivity index is 4.17. The van der Waals surface area contributed by atoms with Crippen LogP contribution in [0.25, 0.3) is 0 Å². The molecule has 84 valence electrons. The molecule has 0 atom stereocenters.